The molecule has 0 saturated carbocycles. The van der Waals surface area contributed by atoms with Crippen molar-refractivity contribution in [3.05, 3.63) is 65.6 Å². The summed E-state index contributed by atoms with van der Waals surface area (Å²) in [6.07, 6.45) is 2.67. The van der Waals surface area contributed by atoms with Crippen LogP contribution in [-0.2, 0) is 18.5 Å². The van der Waals surface area contributed by atoms with Gasteiger partial charge in [-0.05, 0) is 25.0 Å². The van der Waals surface area contributed by atoms with Gasteiger partial charge in [0.2, 0.25) is 11.8 Å². The normalized spacial score (nSPS) is 23.8. The molecule has 1 amide bonds. The summed E-state index contributed by atoms with van der Waals surface area (Å²) in [5, 5.41) is 12.9. The second-order valence-electron chi connectivity index (χ2n) is 8.69. The van der Waals surface area contributed by atoms with Gasteiger partial charge in [-0.1, -0.05) is 30.3 Å². The van der Waals surface area contributed by atoms with Gasteiger partial charge in [-0.3, -0.25) is 14.4 Å². The van der Waals surface area contributed by atoms with E-state index in [-0.39, 0.29) is 17.2 Å². The van der Waals surface area contributed by atoms with Crippen molar-refractivity contribution < 1.29 is 9.21 Å². The topological polar surface area (TPSA) is 80.3 Å². The van der Waals surface area contributed by atoms with E-state index in [1.54, 1.807) is 4.68 Å². The van der Waals surface area contributed by atoms with E-state index in [4.69, 9.17) is 4.42 Å². The Morgan fingerprint density at radius 2 is 2.03 bits per heavy atom. The summed E-state index contributed by atoms with van der Waals surface area (Å²) in [6, 6.07) is 12.3. The van der Waals surface area contributed by atoms with Crippen LogP contribution in [-0.4, -0.2) is 61.9 Å². The number of fused-ring (bicyclic) bond motifs is 1. The standard InChI is InChI=1S/C23H28N6O2/c1-3-29-11-9-20(26-29)21(30)28-12-10-23(22-25-24-17(2)31-22)16-27(14-19(23)15-28)13-18-7-5-4-6-8-18/h4-9,11,19H,3,10,12-16H2,1-2H3/t19-,23+/m1/s1. The van der Waals surface area contributed by atoms with Crippen LogP contribution in [0.2, 0.25) is 0 Å². The minimum absolute atomic E-state index is 0.00372. The van der Waals surface area contributed by atoms with Crippen molar-refractivity contribution in [1.82, 2.24) is 29.8 Å². The zero-order chi connectivity index (χ0) is 21.4. The fourth-order valence-electron chi connectivity index (χ4n) is 5.09. The molecule has 3 aromatic rings. The second kappa shape index (κ2) is 7.92. The molecule has 0 aliphatic carbocycles. The SMILES string of the molecule is CCn1ccc(C(=O)N2CC[C@]3(c4nnc(C)o4)CN(Cc4ccccc4)C[C@@H]3C2)n1. The lowest BCUT2D eigenvalue weighted by molar-refractivity contribution is 0.0561. The van der Waals surface area contributed by atoms with Crippen LogP contribution in [0.5, 0.6) is 0 Å². The maximum absolute atomic E-state index is 13.1. The molecule has 31 heavy (non-hydrogen) atoms. The van der Waals surface area contributed by atoms with Crippen LogP contribution in [0.25, 0.3) is 0 Å². The van der Waals surface area contributed by atoms with Gasteiger partial charge in [0.25, 0.3) is 5.91 Å². The molecule has 2 fully saturated rings. The van der Waals surface area contributed by atoms with Gasteiger partial charge in [0.05, 0.1) is 5.41 Å². The number of benzene rings is 1. The predicted octanol–water partition coefficient (Wildman–Crippen LogP) is 2.51. The van der Waals surface area contributed by atoms with Crippen molar-refractivity contribution >= 4 is 5.91 Å². The van der Waals surface area contributed by atoms with Gasteiger partial charge in [0.1, 0.15) is 5.69 Å². The Balaban J connectivity index is 1.39. The number of carbonyl (C=O) groups is 1. The third-order valence-electron chi connectivity index (χ3n) is 6.71. The average Bonchev–Trinajstić information content (AvgIpc) is 3.51. The number of amides is 1. The first-order valence-corrected chi connectivity index (χ1v) is 11.0. The highest BCUT2D eigenvalue weighted by atomic mass is 16.4. The lowest BCUT2D eigenvalue weighted by Gasteiger charge is -2.41. The third kappa shape index (κ3) is 3.65. The van der Waals surface area contributed by atoms with E-state index in [2.05, 4.69) is 44.5 Å². The number of nitrogens with zero attached hydrogens (tertiary/aromatic N) is 6. The number of likely N-dealkylation sites (tertiary alicyclic amines) is 2. The van der Waals surface area contributed by atoms with Crippen molar-refractivity contribution in [3.8, 4) is 0 Å². The van der Waals surface area contributed by atoms with E-state index >= 15 is 0 Å². The molecule has 1 aromatic carbocycles. The number of carbonyl (C=O) groups excluding carboxylic acids is 1. The Morgan fingerprint density at radius 1 is 1.19 bits per heavy atom. The summed E-state index contributed by atoms with van der Waals surface area (Å²) in [5.41, 5.74) is 1.59. The number of hydrogen-bond acceptors (Lipinski definition) is 6. The van der Waals surface area contributed by atoms with Gasteiger partial charge in [-0.2, -0.15) is 5.10 Å². The number of aryl methyl sites for hydroxylation is 2. The molecule has 2 atom stereocenters. The fourth-order valence-corrected chi connectivity index (χ4v) is 5.09. The molecule has 4 heterocycles. The molecule has 0 spiro atoms. The summed E-state index contributed by atoms with van der Waals surface area (Å²) in [6.45, 7) is 8.57. The van der Waals surface area contributed by atoms with Crippen LogP contribution >= 0.6 is 0 Å². The van der Waals surface area contributed by atoms with Gasteiger partial charge in [-0.15, -0.1) is 10.2 Å². The molecule has 8 heteroatoms. The Kier molecular flexibility index (Phi) is 5.09. The van der Waals surface area contributed by atoms with Crippen LogP contribution in [0.15, 0.2) is 47.0 Å². The first-order chi connectivity index (χ1) is 15.1. The molecule has 0 bridgehead atoms. The van der Waals surface area contributed by atoms with E-state index in [0.29, 0.717) is 30.6 Å². The monoisotopic (exact) mass is 420 g/mol. The Bertz CT molecular complexity index is 1060. The Labute approximate surface area is 181 Å². The molecule has 2 saturated heterocycles. The van der Waals surface area contributed by atoms with Gasteiger partial charge in [0, 0.05) is 58.3 Å². The van der Waals surface area contributed by atoms with Crippen LogP contribution in [0, 0.1) is 12.8 Å². The highest BCUT2D eigenvalue weighted by molar-refractivity contribution is 5.92. The first kappa shape index (κ1) is 19.9. The lowest BCUT2D eigenvalue weighted by Crippen LogP contribution is -2.51. The minimum Gasteiger partial charge on any atom is -0.425 e. The van der Waals surface area contributed by atoms with Crippen LogP contribution in [0.4, 0.5) is 0 Å². The minimum atomic E-state index is -0.213. The smallest absolute Gasteiger partial charge is 0.274 e. The van der Waals surface area contributed by atoms with Crippen LogP contribution < -0.4 is 0 Å². The van der Waals surface area contributed by atoms with E-state index in [0.717, 1.165) is 32.6 Å². The zero-order valence-electron chi connectivity index (χ0n) is 18.1. The van der Waals surface area contributed by atoms with Gasteiger partial charge >= 0.3 is 0 Å². The number of hydrogen-bond donors (Lipinski definition) is 0. The molecule has 2 aliphatic heterocycles. The number of rotatable bonds is 5. The van der Waals surface area contributed by atoms with Crippen LogP contribution in [0.3, 0.4) is 0 Å². The van der Waals surface area contributed by atoms with Crippen molar-refractivity contribution in [2.45, 2.75) is 38.8 Å². The lowest BCUT2D eigenvalue weighted by atomic mass is 9.72. The molecular weight excluding hydrogens is 392 g/mol. The summed E-state index contributed by atoms with van der Waals surface area (Å²) < 4.78 is 7.75. The molecule has 8 nitrogen and oxygen atoms in total. The summed E-state index contributed by atoms with van der Waals surface area (Å²) in [4.78, 5) is 17.5. The molecular formula is C23H28N6O2. The highest BCUT2D eigenvalue weighted by Crippen LogP contribution is 2.45. The summed E-state index contributed by atoms with van der Waals surface area (Å²) in [5.74, 6) is 1.55. The molecule has 0 N–H and O–H groups in total. The Morgan fingerprint density at radius 3 is 2.74 bits per heavy atom. The third-order valence-corrected chi connectivity index (χ3v) is 6.71. The van der Waals surface area contributed by atoms with Crippen molar-refractivity contribution in [2.24, 2.45) is 5.92 Å². The predicted molar refractivity (Wildman–Crippen MR) is 114 cm³/mol. The van der Waals surface area contributed by atoms with Crippen molar-refractivity contribution in [2.75, 3.05) is 26.2 Å². The highest BCUT2D eigenvalue weighted by Gasteiger charge is 2.54. The quantitative estimate of drug-likeness (QED) is 0.631. The van der Waals surface area contributed by atoms with E-state index in [1.807, 2.05) is 37.1 Å². The second-order valence-corrected chi connectivity index (χ2v) is 8.69. The fraction of sp³-hybridized carbons (Fsp3) is 0.478. The summed E-state index contributed by atoms with van der Waals surface area (Å²) in [7, 11) is 0. The number of aromatic nitrogens is 4. The zero-order valence-corrected chi connectivity index (χ0v) is 18.1. The maximum Gasteiger partial charge on any atom is 0.274 e. The van der Waals surface area contributed by atoms with E-state index in [1.165, 1.54) is 5.56 Å². The molecule has 162 valence electrons. The van der Waals surface area contributed by atoms with E-state index < -0.39 is 0 Å². The first-order valence-electron chi connectivity index (χ1n) is 11.0. The van der Waals surface area contributed by atoms with Gasteiger partial charge in [0.15, 0.2) is 0 Å². The molecule has 2 aliphatic rings. The number of piperidine rings is 1. The largest absolute Gasteiger partial charge is 0.425 e. The molecule has 5 rings (SSSR count). The van der Waals surface area contributed by atoms with Gasteiger partial charge in [-0.25, -0.2) is 0 Å². The van der Waals surface area contributed by atoms with Crippen molar-refractivity contribution in [1.29, 1.82) is 0 Å². The molecule has 0 unspecified atom stereocenters. The molecule has 2 aromatic heterocycles. The Hall–Kier alpha value is -3.00. The van der Waals surface area contributed by atoms with Crippen LogP contribution in [0.1, 0.15) is 41.2 Å². The van der Waals surface area contributed by atoms with E-state index in [9.17, 15) is 4.79 Å². The average molecular weight is 421 g/mol. The van der Waals surface area contributed by atoms with Gasteiger partial charge < -0.3 is 9.32 Å². The van der Waals surface area contributed by atoms with Crippen molar-refractivity contribution in [3.63, 3.8) is 0 Å². The maximum atomic E-state index is 13.1. The summed E-state index contributed by atoms with van der Waals surface area (Å²) >= 11 is 0. The molecule has 0 radical (unpaired) electrons.